The van der Waals surface area contributed by atoms with E-state index in [9.17, 15) is 4.79 Å². The topological polar surface area (TPSA) is 51.2 Å². The molecule has 1 aliphatic rings. The molecule has 0 aliphatic heterocycles. The van der Waals surface area contributed by atoms with Gasteiger partial charge in [0.05, 0.1) is 7.11 Å². The minimum atomic E-state index is -0.415. The highest BCUT2D eigenvalue weighted by atomic mass is 16.5. The molecule has 0 spiro atoms. The third kappa shape index (κ3) is 2.18. The van der Waals surface area contributed by atoms with Crippen LogP contribution in [0.5, 0.6) is 0 Å². The Hall–Kier alpha value is -1.52. The minimum absolute atomic E-state index is 0.398. The molecule has 0 unspecified atom stereocenters. The Kier molecular flexibility index (Phi) is 3.13. The smallest absolute Gasteiger partial charge is 0.341 e. The van der Waals surface area contributed by atoms with Crippen molar-refractivity contribution in [3.8, 4) is 0 Å². The molecule has 0 aromatic carbocycles. The van der Waals surface area contributed by atoms with Crippen LogP contribution >= 0.6 is 0 Å². The fourth-order valence-electron chi connectivity index (χ4n) is 1.61. The van der Waals surface area contributed by atoms with E-state index in [0.717, 1.165) is 12.8 Å². The first kappa shape index (κ1) is 11.0. The number of rotatable bonds is 3. The van der Waals surface area contributed by atoms with Gasteiger partial charge in [-0.2, -0.15) is 0 Å². The minimum Gasteiger partial charge on any atom is -0.465 e. The van der Waals surface area contributed by atoms with Gasteiger partial charge < -0.3 is 10.1 Å². The van der Waals surface area contributed by atoms with E-state index in [4.69, 9.17) is 12.6 Å². The molecule has 1 aromatic rings. The van der Waals surface area contributed by atoms with E-state index in [0.29, 0.717) is 22.9 Å². The maximum absolute atomic E-state index is 11.5. The average molecular weight is 216 g/mol. The summed E-state index contributed by atoms with van der Waals surface area (Å²) in [6.45, 7) is 0. The Balaban J connectivity index is 2.23. The highest BCUT2D eigenvalue weighted by molar-refractivity contribution is 6.32. The number of nitrogens with one attached hydrogen (secondary N) is 1. The first-order valence-corrected chi connectivity index (χ1v) is 5.31. The summed E-state index contributed by atoms with van der Waals surface area (Å²) in [5.74, 6) is 0.146. The quantitative estimate of drug-likeness (QED) is 0.594. The van der Waals surface area contributed by atoms with E-state index in [1.807, 2.05) is 0 Å². The first-order chi connectivity index (χ1) is 7.70. The Morgan fingerprint density at radius 2 is 2.38 bits per heavy atom. The van der Waals surface area contributed by atoms with Crippen LogP contribution in [0.3, 0.4) is 0 Å². The van der Waals surface area contributed by atoms with Crippen LogP contribution in [0.2, 0.25) is 0 Å². The normalized spacial score (nSPS) is 15.3. The van der Waals surface area contributed by atoms with Gasteiger partial charge in [-0.05, 0) is 25.3 Å². The number of esters is 1. The Labute approximate surface area is 95.8 Å². The van der Waals surface area contributed by atoms with E-state index in [-0.39, 0.29) is 0 Å². The second-order valence-corrected chi connectivity index (χ2v) is 3.93. The number of pyridine rings is 1. The van der Waals surface area contributed by atoms with E-state index >= 15 is 0 Å². The van der Waals surface area contributed by atoms with E-state index < -0.39 is 5.97 Å². The number of hydrogen-bond donors (Lipinski definition) is 1. The van der Waals surface area contributed by atoms with Gasteiger partial charge in [-0.1, -0.05) is 5.46 Å². The van der Waals surface area contributed by atoms with Crippen LogP contribution in [0.25, 0.3) is 0 Å². The summed E-state index contributed by atoms with van der Waals surface area (Å²) in [6.07, 6.45) is 4.99. The third-order valence-electron chi connectivity index (χ3n) is 2.76. The number of hydrogen-bond acceptors (Lipinski definition) is 4. The Morgan fingerprint density at radius 1 is 1.62 bits per heavy atom. The molecule has 2 radical (unpaired) electrons. The molecule has 1 aromatic heterocycles. The molecule has 1 N–H and O–H groups in total. The van der Waals surface area contributed by atoms with Crippen LogP contribution in [-0.4, -0.2) is 32.0 Å². The van der Waals surface area contributed by atoms with Crippen LogP contribution in [0.1, 0.15) is 29.6 Å². The fourth-order valence-corrected chi connectivity index (χ4v) is 1.61. The predicted octanol–water partition coefficient (Wildman–Crippen LogP) is 0.626. The van der Waals surface area contributed by atoms with Gasteiger partial charge in [-0.3, -0.25) is 0 Å². The van der Waals surface area contributed by atoms with Crippen molar-refractivity contribution in [3.63, 3.8) is 0 Å². The van der Waals surface area contributed by atoms with Gasteiger partial charge in [0, 0.05) is 12.2 Å². The summed E-state index contributed by atoms with van der Waals surface area (Å²) in [5, 5.41) is 3.22. The molecule has 1 fully saturated rings. The van der Waals surface area contributed by atoms with Crippen LogP contribution in [0.15, 0.2) is 12.3 Å². The van der Waals surface area contributed by atoms with Gasteiger partial charge in [0.2, 0.25) is 0 Å². The second-order valence-electron chi connectivity index (χ2n) is 3.93. The molecule has 0 bridgehead atoms. The number of carbonyl (C=O) groups is 1. The van der Waals surface area contributed by atoms with Gasteiger partial charge in [0.15, 0.2) is 0 Å². The lowest BCUT2D eigenvalue weighted by molar-refractivity contribution is 0.0601. The van der Waals surface area contributed by atoms with Crippen LogP contribution in [-0.2, 0) is 4.74 Å². The van der Waals surface area contributed by atoms with Crippen molar-refractivity contribution in [2.24, 2.45) is 0 Å². The third-order valence-corrected chi connectivity index (χ3v) is 2.76. The SMILES string of the molecule is [B]c1cnc(NC2CCC2)c(C(=O)OC)c1. The molecule has 1 heterocycles. The number of methoxy groups -OCH3 is 1. The highest BCUT2D eigenvalue weighted by Crippen LogP contribution is 2.23. The zero-order valence-corrected chi connectivity index (χ0v) is 9.19. The van der Waals surface area contributed by atoms with Gasteiger partial charge in [-0.15, -0.1) is 0 Å². The van der Waals surface area contributed by atoms with Crippen molar-refractivity contribution < 1.29 is 9.53 Å². The molecule has 5 heteroatoms. The fraction of sp³-hybridized carbons (Fsp3) is 0.455. The van der Waals surface area contributed by atoms with Crippen molar-refractivity contribution in [3.05, 3.63) is 17.8 Å². The number of aromatic nitrogens is 1. The summed E-state index contributed by atoms with van der Waals surface area (Å²) in [4.78, 5) is 15.6. The van der Waals surface area contributed by atoms with Gasteiger partial charge >= 0.3 is 5.97 Å². The summed E-state index contributed by atoms with van der Waals surface area (Å²) >= 11 is 0. The summed E-state index contributed by atoms with van der Waals surface area (Å²) in [6, 6.07) is 2.00. The van der Waals surface area contributed by atoms with Gasteiger partial charge in [0.1, 0.15) is 19.2 Å². The predicted molar refractivity (Wildman–Crippen MR) is 62.2 cm³/mol. The lowest BCUT2D eigenvalue weighted by Gasteiger charge is -2.27. The average Bonchev–Trinajstić information content (AvgIpc) is 2.23. The summed E-state index contributed by atoms with van der Waals surface area (Å²) in [7, 11) is 6.95. The summed E-state index contributed by atoms with van der Waals surface area (Å²) in [5.41, 5.74) is 0.856. The maximum Gasteiger partial charge on any atom is 0.341 e. The largest absolute Gasteiger partial charge is 0.465 e. The van der Waals surface area contributed by atoms with Crippen LogP contribution in [0.4, 0.5) is 5.82 Å². The van der Waals surface area contributed by atoms with E-state index in [1.54, 1.807) is 6.07 Å². The molecule has 0 saturated heterocycles. The number of carbonyl (C=O) groups excluding carboxylic acids is 1. The standard InChI is InChI=1S/C11H13BN2O2/c1-16-11(15)9-5-7(12)6-13-10(9)14-8-3-2-4-8/h5-6,8H,2-4H2,1H3,(H,13,14). The molecular weight excluding hydrogens is 203 g/mol. The molecule has 1 aliphatic carbocycles. The van der Waals surface area contributed by atoms with Crippen molar-refractivity contribution in [1.29, 1.82) is 0 Å². The zero-order chi connectivity index (χ0) is 11.5. The monoisotopic (exact) mass is 216 g/mol. The molecule has 4 nitrogen and oxygen atoms in total. The molecule has 16 heavy (non-hydrogen) atoms. The molecule has 1 saturated carbocycles. The Morgan fingerprint density at radius 3 is 2.94 bits per heavy atom. The van der Waals surface area contributed by atoms with Crippen molar-refractivity contribution in [1.82, 2.24) is 4.98 Å². The number of ether oxygens (including phenoxy) is 1. The number of anilines is 1. The molecular formula is C11H13BN2O2. The molecule has 2 rings (SSSR count). The maximum atomic E-state index is 11.5. The van der Waals surface area contributed by atoms with E-state index in [2.05, 4.69) is 10.3 Å². The summed E-state index contributed by atoms with van der Waals surface area (Å²) < 4.78 is 4.69. The zero-order valence-electron chi connectivity index (χ0n) is 9.19. The van der Waals surface area contributed by atoms with Crippen molar-refractivity contribution in [2.75, 3.05) is 12.4 Å². The van der Waals surface area contributed by atoms with Crippen molar-refractivity contribution >= 4 is 25.1 Å². The lowest BCUT2D eigenvalue weighted by Crippen LogP contribution is -2.29. The molecule has 82 valence electrons. The highest BCUT2D eigenvalue weighted by Gasteiger charge is 2.21. The van der Waals surface area contributed by atoms with Crippen LogP contribution in [0, 0.1) is 0 Å². The first-order valence-electron chi connectivity index (χ1n) is 5.31. The van der Waals surface area contributed by atoms with Crippen LogP contribution < -0.4 is 10.8 Å². The van der Waals surface area contributed by atoms with Gasteiger partial charge in [-0.25, -0.2) is 9.78 Å². The molecule has 0 amide bonds. The van der Waals surface area contributed by atoms with Gasteiger partial charge in [0.25, 0.3) is 0 Å². The molecule has 0 atom stereocenters. The lowest BCUT2D eigenvalue weighted by atomic mass is 9.92. The second kappa shape index (κ2) is 4.55. The van der Waals surface area contributed by atoms with Crippen molar-refractivity contribution in [2.45, 2.75) is 25.3 Å². The van der Waals surface area contributed by atoms with E-state index in [1.165, 1.54) is 19.7 Å². The number of nitrogens with zero attached hydrogens (tertiary/aromatic N) is 1. The Bertz CT molecular complexity index is 405.